The summed E-state index contributed by atoms with van der Waals surface area (Å²) in [6, 6.07) is 2.64. The monoisotopic (exact) mass is 220 g/mol. The van der Waals surface area contributed by atoms with Crippen LogP contribution in [0, 0.1) is 12.8 Å². The predicted octanol–water partition coefficient (Wildman–Crippen LogP) is 2.06. The molecule has 4 heteroatoms. The second kappa shape index (κ2) is 4.28. The van der Waals surface area contributed by atoms with Crippen LogP contribution in [0.5, 0.6) is 0 Å². The summed E-state index contributed by atoms with van der Waals surface area (Å²) in [7, 11) is 1.86. The Labute approximate surface area is 97.1 Å². The number of nitrogens with zero attached hydrogens (tertiary/aromatic N) is 3. The first-order valence-corrected chi connectivity index (χ1v) is 5.90. The molecule has 1 aliphatic heterocycles. The van der Waals surface area contributed by atoms with E-state index in [2.05, 4.69) is 40.1 Å². The minimum atomic E-state index is 0.578. The molecule has 0 saturated carbocycles. The summed E-state index contributed by atoms with van der Waals surface area (Å²) in [6.07, 6.45) is 1.25. The average Bonchev–Trinajstić information content (AvgIpc) is 2.57. The van der Waals surface area contributed by atoms with Crippen molar-refractivity contribution in [2.24, 2.45) is 5.92 Å². The first-order valence-electron chi connectivity index (χ1n) is 5.90. The van der Waals surface area contributed by atoms with E-state index in [1.54, 1.807) is 0 Å². The number of aromatic nitrogens is 2. The lowest BCUT2D eigenvalue weighted by atomic mass is 10.1. The second-order valence-electron chi connectivity index (χ2n) is 4.78. The Bertz CT molecular complexity index is 377. The summed E-state index contributed by atoms with van der Waals surface area (Å²) >= 11 is 0. The number of hydrogen-bond acceptors (Lipinski definition) is 4. The molecule has 0 amide bonds. The molecule has 2 atom stereocenters. The van der Waals surface area contributed by atoms with Crippen molar-refractivity contribution in [2.45, 2.75) is 33.2 Å². The van der Waals surface area contributed by atoms with E-state index in [0.29, 0.717) is 12.0 Å². The number of aryl methyl sites for hydroxylation is 1. The lowest BCUT2D eigenvalue weighted by molar-refractivity contribution is 0.625. The van der Waals surface area contributed by atoms with Crippen LogP contribution >= 0.6 is 0 Å². The molecule has 0 aliphatic carbocycles. The second-order valence-corrected chi connectivity index (χ2v) is 4.78. The van der Waals surface area contributed by atoms with Crippen molar-refractivity contribution in [3.63, 3.8) is 0 Å². The molecule has 0 aromatic carbocycles. The number of hydrogen-bond donors (Lipinski definition) is 1. The highest BCUT2D eigenvalue weighted by atomic mass is 15.3. The molecule has 2 unspecified atom stereocenters. The summed E-state index contributed by atoms with van der Waals surface area (Å²) in [4.78, 5) is 11.2. The zero-order valence-corrected chi connectivity index (χ0v) is 10.5. The number of rotatable bonds is 2. The summed E-state index contributed by atoms with van der Waals surface area (Å²) in [6.45, 7) is 7.67. The van der Waals surface area contributed by atoms with Gasteiger partial charge in [-0.15, -0.1) is 0 Å². The van der Waals surface area contributed by atoms with Crippen LogP contribution in [0.2, 0.25) is 0 Å². The Morgan fingerprint density at radius 3 is 2.69 bits per heavy atom. The van der Waals surface area contributed by atoms with Crippen LogP contribution in [0.3, 0.4) is 0 Å². The van der Waals surface area contributed by atoms with Gasteiger partial charge in [0.25, 0.3) is 0 Å². The highest BCUT2D eigenvalue weighted by Gasteiger charge is 2.27. The fourth-order valence-corrected chi connectivity index (χ4v) is 2.43. The molecule has 16 heavy (non-hydrogen) atoms. The normalized spacial score (nSPS) is 24.9. The number of nitrogens with one attached hydrogen (secondary N) is 1. The van der Waals surface area contributed by atoms with Crippen molar-refractivity contribution < 1.29 is 0 Å². The molecule has 88 valence electrons. The maximum Gasteiger partial charge on any atom is 0.224 e. The van der Waals surface area contributed by atoms with Crippen LogP contribution in [-0.4, -0.2) is 29.6 Å². The molecule has 2 heterocycles. The van der Waals surface area contributed by atoms with Gasteiger partial charge in [-0.2, -0.15) is 4.98 Å². The average molecular weight is 220 g/mol. The quantitative estimate of drug-likeness (QED) is 0.828. The molecule has 4 nitrogen and oxygen atoms in total. The molecular weight excluding hydrogens is 200 g/mol. The van der Waals surface area contributed by atoms with E-state index in [1.807, 2.05) is 14.0 Å². The van der Waals surface area contributed by atoms with Gasteiger partial charge in [-0.3, -0.25) is 0 Å². The van der Waals surface area contributed by atoms with Gasteiger partial charge in [-0.1, -0.05) is 6.92 Å². The van der Waals surface area contributed by atoms with Gasteiger partial charge >= 0.3 is 0 Å². The van der Waals surface area contributed by atoms with Crippen molar-refractivity contribution in [2.75, 3.05) is 23.8 Å². The van der Waals surface area contributed by atoms with Crippen LogP contribution in [-0.2, 0) is 0 Å². The van der Waals surface area contributed by atoms with Crippen molar-refractivity contribution in [3.8, 4) is 0 Å². The SMILES string of the molecule is CNc1nc(C)cc(N2CC(C)CC2C)n1. The fourth-order valence-electron chi connectivity index (χ4n) is 2.43. The van der Waals surface area contributed by atoms with Gasteiger partial charge in [0.2, 0.25) is 5.95 Å². The molecule has 1 fully saturated rings. The first-order chi connectivity index (χ1) is 7.60. The van der Waals surface area contributed by atoms with Gasteiger partial charge in [0.1, 0.15) is 5.82 Å². The summed E-state index contributed by atoms with van der Waals surface area (Å²) in [5, 5.41) is 3.01. The minimum absolute atomic E-state index is 0.578. The first kappa shape index (κ1) is 11.2. The Hall–Kier alpha value is -1.32. The van der Waals surface area contributed by atoms with Crippen LogP contribution in [0.1, 0.15) is 26.0 Å². The van der Waals surface area contributed by atoms with Crippen molar-refractivity contribution in [3.05, 3.63) is 11.8 Å². The summed E-state index contributed by atoms with van der Waals surface area (Å²) in [5.41, 5.74) is 1.01. The zero-order valence-electron chi connectivity index (χ0n) is 10.5. The van der Waals surface area contributed by atoms with E-state index >= 15 is 0 Å². The van der Waals surface area contributed by atoms with Crippen LogP contribution in [0.15, 0.2) is 6.07 Å². The van der Waals surface area contributed by atoms with E-state index in [9.17, 15) is 0 Å². The third-order valence-corrected chi connectivity index (χ3v) is 3.14. The van der Waals surface area contributed by atoms with Crippen LogP contribution < -0.4 is 10.2 Å². The maximum absolute atomic E-state index is 4.52. The van der Waals surface area contributed by atoms with E-state index < -0.39 is 0 Å². The Balaban J connectivity index is 2.29. The Morgan fingerprint density at radius 2 is 2.12 bits per heavy atom. The van der Waals surface area contributed by atoms with Crippen LogP contribution in [0.4, 0.5) is 11.8 Å². The summed E-state index contributed by atoms with van der Waals surface area (Å²) < 4.78 is 0. The molecule has 2 rings (SSSR count). The smallest absolute Gasteiger partial charge is 0.224 e. The van der Waals surface area contributed by atoms with Crippen molar-refractivity contribution in [1.29, 1.82) is 0 Å². The topological polar surface area (TPSA) is 41.1 Å². The Kier molecular flexibility index (Phi) is 2.99. The summed E-state index contributed by atoms with van der Waals surface area (Å²) in [5.74, 6) is 2.51. The molecule has 0 bridgehead atoms. The predicted molar refractivity (Wildman–Crippen MR) is 66.9 cm³/mol. The molecule has 1 aromatic heterocycles. The van der Waals surface area contributed by atoms with Gasteiger partial charge in [-0.05, 0) is 26.2 Å². The van der Waals surface area contributed by atoms with E-state index in [1.165, 1.54) is 6.42 Å². The molecule has 0 radical (unpaired) electrons. The highest BCUT2D eigenvalue weighted by molar-refractivity contribution is 5.46. The molecule has 1 saturated heterocycles. The molecular formula is C12H20N4. The van der Waals surface area contributed by atoms with Crippen molar-refractivity contribution >= 4 is 11.8 Å². The van der Waals surface area contributed by atoms with Crippen LogP contribution in [0.25, 0.3) is 0 Å². The Morgan fingerprint density at radius 1 is 1.38 bits per heavy atom. The number of anilines is 2. The van der Waals surface area contributed by atoms with Gasteiger partial charge in [-0.25, -0.2) is 4.98 Å². The zero-order chi connectivity index (χ0) is 11.7. The van der Waals surface area contributed by atoms with Gasteiger partial charge in [0.15, 0.2) is 0 Å². The fraction of sp³-hybridized carbons (Fsp3) is 0.667. The van der Waals surface area contributed by atoms with Gasteiger partial charge < -0.3 is 10.2 Å². The minimum Gasteiger partial charge on any atom is -0.357 e. The molecule has 1 aromatic rings. The van der Waals surface area contributed by atoms with E-state index in [4.69, 9.17) is 0 Å². The maximum atomic E-state index is 4.52. The third-order valence-electron chi connectivity index (χ3n) is 3.14. The van der Waals surface area contributed by atoms with E-state index in [0.717, 1.165) is 24.0 Å². The standard InChI is InChI=1S/C12H20N4/c1-8-5-10(3)16(7-8)11-6-9(2)14-12(13-4)15-11/h6,8,10H,5,7H2,1-4H3,(H,13,14,15). The van der Waals surface area contributed by atoms with Gasteiger partial charge in [0, 0.05) is 31.4 Å². The van der Waals surface area contributed by atoms with Crippen molar-refractivity contribution in [1.82, 2.24) is 9.97 Å². The third kappa shape index (κ3) is 2.10. The van der Waals surface area contributed by atoms with Gasteiger partial charge in [0.05, 0.1) is 0 Å². The van der Waals surface area contributed by atoms with E-state index in [-0.39, 0.29) is 0 Å². The molecule has 1 N–H and O–H groups in total. The molecule has 1 aliphatic rings. The molecule has 0 spiro atoms. The highest BCUT2D eigenvalue weighted by Crippen LogP contribution is 2.28. The lowest BCUT2D eigenvalue weighted by Crippen LogP contribution is -2.28. The lowest BCUT2D eigenvalue weighted by Gasteiger charge is -2.23. The largest absolute Gasteiger partial charge is 0.357 e.